The van der Waals surface area contributed by atoms with Crippen LogP contribution in [0.1, 0.15) is 33.3 Å². The van der Waals surface area contributed by atoms with E-state index in [1.165, 1.54) is 10.4 Å². The second kappa shape index (κ2) is 10.3. The molecule has 6 heteroatoms. The molecule has 0 aromatic heterocycles. The maximum absolute atomic E-state index is 12.6. The summed E-state index contributed by atoms with van der Waals surface area (Å²) < 4.78 is 37.5. The van der Waals surface area contributed by atoms with Crippen LogP contribution in [-0.4, -0.2) is 29.9 Å². The molecule has 176 valence electrons. The summed E-state index contributed by atoms with van der Waals surface area (Å²) in [5.41, 5.74) is 1.00. The number of hydrogen-bond donors (Lipinski definition) is 0. The minimum Gasteiger partial charge on any atom is -0.407 e. The van der Waals surface area contributed by atoms with E-state index in [2.05, 4.69) is 69.3 Å². The molecule has 3 aromatic rings. The van der Waals surface area contributed by atoms with E-state index in [9.17, 15) is 8.42 Å². The summed E-state index contributed by atoms with van der Waals surface area (Å²) in [4.78, 5) is 0.174. The van der Waals surface area contributed by atoms with Crippen molar-refractivity contribution in [2.45, 2.75) is 44.6 Å². The van der Waals surface area contributed by atoms with Gasteiger partial charge in [-0.3, -0.25) is 4.18 Å². The molecule has 1 atom stereocenters. The minimum absolute atomic E-state index is 0.0639. The molecule has 0 N–H and O–H groups in total. The summed E-state index contributed by atoms with van der Waals surface area (Å²) in [6.07, 6.45) is 0. The van der Waals surface area contributed by atoms with Gasteiger partial charge < -0.3 is 4.43 Å². The third-order valence-corrected chi connectivity index (χ3v) is 12.1. The van der Waals surface area contributed by atoms with Gasteiger partial charge in [-0.1, -0.05) is 106 Å². The van der Waals surface area contributed by atoms with Crippen molar-refractivity contribution < 1.29 is 17.0 Å². The average Bonchev–Trinajstić information content (AvgIpc) is 2.79. The van der Waals surface area contributed by atoms with Crippen LogP contribution >= 0.6 is 0 Å². The first kappa shape index (κ1) is 25.4. The molecule has 3 rings (SSSR count). The van der Waals surface area contributed by atoms with Crippen molar-refractivity contribution in [3.63, 3.8) is 0 Å². The van der Waals surface area contributed by atoms with Crippen LogP contribution in [0.5, 0.6) is 0 Å². The molecule has 0 aliphatic heterocycles. The van der Waals surface area contributed by atoms with Crippen molar-refractivity contribution in [1.29, 1.82) is 0 Å². The molecule has 0 radical (unpaired) electrons. The fourth-order valence-corrected chi connectivity index (χ4v) is 9.76. The second-order valence-corrected chi connectivity index (χ2v) is 15.6. The predicted octanol–water partition coefficient (Wildman–Crippen LogP) is 4.91. The number of benzene rings is 3. The van der Waals surface area contributed by atoms with Gasteiger partial charge in [0.15, 0.2) is 0 Å². The Labute approximate surface area is 199 Å². The molecule has 3 aromatic carbocycles. The fourth-order valence-electron chi connectivity index (χ4n) is 4.06. The SMILES string of the molecule is Cc1ccc(S(=O)(=O)OC[C@@H](C)CO[Si](c2ccccc2)(c2ccccc2)C(C)(C)C)cc1. The average molecular weight is 483 g/mol. The Morgan fingerprint density at radius 1 is 0.788 bits per heavy atom. The zero-order chi connectivity index (χ0) is 24.1. The van der Waals surface area contributed by atoms with Crippen LogP contribution in [0.3, 0.4) is 0 Å². The molecule has 4 nitrogen and oxygen atoms in total. The van der Waals surface area contributed by atoms with Crippen LogP contribution in [-0.2, 0) is 18.7 Å². The zero-order valence-corrected chi connectivity index (χ0v) is 21.9. The normalized spacial score (nSPS) is 13.6. The zero-order valence-electron chi connectivity index (χ0n) is 20.1. The lowest BCUT2D eigenvalue weighted by Crippen LogP contribution is -2.66. The van der Waals surface area contributed by atoms with Crippen molar-refractivity contribution in [1.82, 2.24) is 0 Å². The summed E-state index contributed by atoms with van der Waals surface area (Å²) in [6, 6.07) is 27.5. The molecular weight excluding hydrogens is 448 g/mol. The Morgan fingerprint density at radius 3 is 1.73 bits per heavy atom. The molecule has 33 heavy (non-hydrogen) atoms. The minimum atomic E-state index is -3.80. The Bertz CT molecular complexity index is 1080. The summed E-state index contributed by atoms with van der Waals surface area (Å²) in [5, 5.41) is 2.26. The molecule has 0 saturated carbocycles. The van der Waals surface area contributed by atoms with Gasteiger partial charge in [-0.2, -0.15) is 8.42 Å². The summed E-state index contributed by atoms with van der Waals surface area (Å²) in [5.74, 6) is -0.105. The van der Waals surface area contributed by atoms with Crippen LogP contribution in [0, 0.1) is 12.8 Å². The van der Waals surface area contributed by atoms with Gasteiger partial charge in [-0.05, 0) is 34.5 Å². The first-order chi connectivity index (χ1) is 15.6. The Hall–Kier alpha value is -2.25. The van der Waals surface area contributed by atoms with Gasteiger partial charge in [0, 0.05) is 12.5 Å². The topological polar surface area (TPSA) is 52.6 Å². The lowest BCUT2D eigenvalue weighted by molar-refractivity contribution is 0.184. The van der Waals surface area contributed by atoms with Crippen molar-refractivity contribution in [2.24, 2.45) is 5.92 Å². The maximum atomic E-state index is 12.6. The third-order valence-electron chi connectivity index (χ3n) is 5.82. The monoisotopic (exact) mass is 482 g/mol. The van der Waals surface area contributed by atoms with Gasteiger partial charge in [0.1, 0.15) is 0 Å². The highest BCUT2D eigenvalue weighted by Gasteiger charge is 2.50. The predicted molar refractivity (Wildman–Crippen MR) is 137 cm³/mol. The van der Waals surface area contributed by atoms with Crippen molar-refractivity contribution in [3.05, 3.63) is 90.5 Å². The smallest absolute Gasteiger partial charge is 0.296 e. The van der Waals surface area contributed by atoms with Crippen molar-refractivity contribution >= 4 is 28.8 Å². The van der Waals surface area contributed by atoms with Crippen LogP contribution in [0.15, 0.2) is 89.8 Å². The first-order valence-electron chi connectivity index (χ1n) is 11.3. The highest BCUT2D eigenvalue weighted by molar-refractivity contribution is 7.86. The number of hydrogen-bond acceptors (Lipinski definition) is 4. The molecule has 0 aliphatic carbocycles. The largest absolute Gasteiger partial charge is 0.407 e. The van der Waals surface area contributed by atoms with E-state index in [4.69, 9.17) is 8.61 Å². The van der Waals surface area contributed by atoms with E-state index < -0.39 is 18.4 Å². The lowest BCUT2D eigenvalue weighted by atomic mass is 10.2. The van der Waals surface area contributed by atoms with Crippen molar-refractivity contribution in [2.75, 3.05) is 13.2 Å². The number of aryl methyl sites for hydroxylation is 1. The summed E-state index contributed by atoms with van der Waals surface area (Å²) >= 11 is 0. The molecule has 0 spiro atoms. The molecule has 0 bridgehead atoms. The van der Waals surface area contributed by atoms with Crippen LogP contribution in [0.4, 0.5) is 0 Å². The van der Waals surface area contributed by atoms with E-state index >= 15 is 0 Å². The molecule has 0 aliphatic rings. The second-order valence-electron chi connectivity index (χ2n) is 9.63. The van der Waals surface area contributed by atoms with Gasteiger partial charge in [-0.25, -0.2) is 0 Å². The van der Waals surface area contributed by atoms with E-state index in [1.807, 2.05) is 26.0 Å². The molecule has 0 heterocycles. The van der Waals surface area contributed by atoms with Crippen LogP contribution in [0.25, 0.3) is 0 Å². The standard InChI is InChI=1S/C27H34O4SSi/c1-22-16-18-24(19-17-22)32(28,29)30-20-23(2)21-31-33(27(3,4)5,25-12-8-6-9-13-25)26-14-10-7-11-15-26/h6-19,23H,20-21H2,1-5H3/t23-/m1/s1. The van der Waals surface area contributed by atoms with Crippen molar-refractivity contribution in [3.8, 4) is 0 Å². The van der Waals surface area contributed by atoms with Gasteiger partial charge in [0.25, 0.3) is 18.4 Å². The van der Waals surface area contributed by atoms with E-state index in [0.717, 1.165) is 5.56 Å². The van der Waals surface area contributed by atoms with E-state index in [1.54, 1.807) is 24.3 Å². The highest BCUT2D eigenvalue weighted by Crippen LogP contribution is 2.37. The molecule has 0 unspecified atom stereocenters. The summed E-state index contributed by atoms with van der Waals surface area (Å²) in [6.45, 7) is 11.0. The lowest BCUT2D eigenvalue weighted by Gasteiger charge is -2.43. The maximum Gasteiger partial charge on any atom is 0.296 e. The number of rotatable bonds is 9. The molecule has 0 saturated heterocycles. The first-order valence-corrected chi connectivity index (χ1v) is 14.6. The van der Waals surface area contributed by atoms with Gasteiger partial charge >= 0.3 is 0 Å². The highest BCUT2D eigenvalue weighted by atomic mass is 32.2. The Morgan fingerprint density at radius 2 is 1.27 bits per heavy atom. The Kier molecular flexibility index (Phi) is 7.95. The third kappa shape index (κ3) is 5.82. The Balaban J connectivity index is 1.82. The summed E-state index contributed by atoms with van der Waals surface area (Å²) in [7, 11) is -6.47. The van der Waals surface area contributed by atoms with Gasteiger partial charge in [0.05, 0.1) is 11.5 Å². The van der Waals surface area contributed by atoms with Crippen LogP contribution in [0.2, 0.25) is 5.04 Å². The van der Waals surface area contributed by atoms with Crippen LogP contribution < -0.4 is 10.4 Å². The van der Waals surface area contributed by atoms with Gasteiger partial charge in [-0.15, -0.1) is 0 Å². The molecule has 0 amide bonds. The molecule has 0 fully saturated rings. The fraction of sp³-hybridized carbons (Fsp3) is 0.333. The van der Waals surface area contributed by atoms with E-state index in [0.29, 0.717) is 6.61 Å². The van der Waals surface area contributed by atoms with Gasteiger partial charge in [0.2, 0.25) is 0 Å². The quantitative estimate of drug-likeness (QED) is 0.321. The van der Waals surface area contributed by atoms with E-state index in [-0.39, 0.29) is 22.5 Å². The molecular formula is C27H34O4SSi.